The lowest BCUT2D eigenvalue weighted by molar-refractivity contribution is 0.104. The van der Waals surface area contributed by atoms with Gasteiger partial charge in [0.1, 0.15) is 23.9 Å². The zero-order valence-corrected chi connectivity index (χ0v) is 17.0. The highest BCUT2D eigenvalue weighted by Crippen LogP contribution is 2.25. The first-order valence-electron chi connectivity index (χ1n) is 8.85. The molecule has 0 amide bonds. The molecule has 0 fully saturated rings. The van der Waals surface area contributed by atoms with Crippen LogP contribution in [0.5, 0.6) is 11.5 Å². The van der Waals surface area contributed by atoms with Gasteiger partial charge in [-0.05, 0) is 42.8 Å². The van der Waals surface area contributed by atoms with E-state index in [9.17, 15) is 9.18 Å². The number of methoxy groups -OCH3 is 1. The van der Waals surface area contributed by atoms with Crippen molar-refractivity contribution >= 4 is 23.5 Å². The number of carbonyl (C=O) groups is 1. The van der Waals surface area contributed by atoms with Crippen LogP contribution in [-0.4, -0.2) is 22.7 Å². The second-order valence-corrected chi connectivity index (χ2v) is 6.84. The van der Waals surface area contributed by atoms with Crippen molar-refractivity contribution in [3.63, 3.8) is 0 Å². The molecule has 7 heteroatoms. The highest BCUT2D eigenvalue weighted by atomic mass is 35.5. The third-order valence-electron chi connectivity index (χ3n) is 4.30. The van der Waals surface area contributed by atoms with Gasteiger partial charge in [-0.25, -0.2) is 4.39 Å². The summed E-state index contributed by atoms with van der Waals surface area (Å²) in [6.45, 7) is 1.99. The van der Waals surface area contributed by atoms with E-state index in [1.165, 1.54) is 24.3 Å². The molecule has 2 aromatic carbocycles. The Morgan fingerprint density at radius 3 is 2.72 bits per heavy atom. The van der Waals surface area contributed by atoms with Crippen LogP contribution in [0.1, 0.15) is 27.2 Å². The summed E-state index contributed by atoms with van der Waals surface area (Å²) in [5.41, 5.74) is 2.84. The first-order chi connectivity index (χ1) is 13.9. The molecule has 0 saturated heterocycles. The molecule has 0 saturated carbocycles. The number of carbonyl (C=O) groups excluding carboxylic acids is 1. The Morgan fingerprint density at radius 2 is 2.07 bits per heavy atom. The minimum atomic E-state index is -0.503. The van der Waals surface area contributed by atoms with Gasteiger partial charge in [0.15, 0.2) is 5.78 Å². The lowest BCUT2D eigenvalue weighted by Gasteiger charge is -2.11. The highest BCUT2D eigenvalue weighted by molar-refractivity contribution is 6.30. The van der Waals surface area contributed by atoms with E-state index in [0.717, 1.165) is 11.1 Å². The molecule has 1 aromatic heterocycles. The van der Waals surface area contributed by atoms with E-state index in [2.05, 4.69) is 5.10 Å². The average Bonchev–Trinajstić information content (AvgIpc) is 3.05. The van der Waals surface area contributed by atoms with Gasteiger partial charge in [-0.3, -0.25) is 9.48 Å². The smallest absolute Gasteiger partial charge is 0.189 e. The molecule has 0 atom stereocenters. The van der Waals surface area contributed by atoms with Crippen LogP contribution in [0.15, 0.2) is 48.7 Å². The van der Waals surface area contributed by atoms with Crippen LogP contribution in [-0.2, 0) is 13.7 Å². The van der Waals surface area contributed by atoms with Gasteiger partial charge in [0.05, 0.1) is 23.4 Å². The van der Waals surface area contributed by atoms with Gasteiger partial charge in [-0.2, -0.15) is 5.10 Å². The monoisotopic (exact) mass is 414 g/mol. The van der Waals surface area contributed by atoms with Crippen LogP contribution in [0.25, 0.3) is 6.08 Å². The predicted octanol–water partition coefficient (Wildman–Crippen LogP) is 5.00. The number of ether oxygens (including phenoxy) is 2. The van der Waals surface area contributed by atoms with Gasteiger partial charge in [-0.15, -0.1) is 0 Å². The molecule has 0 aliphatic carbocycles. The van der Waals surface area contributed by atoms with Gasteiger partial charge in [0.2, 0.25) is 0 Å². The van der Waals surface area contributed by atoms with Crippen molar-refractivity contribution in [3.05, 3.63) is 81.9 Å². The Morgan fingerprint density at radius 1 is 1.28 bits per heavy atom. The maximum atomic E-state index is 13.3. The summed E-state index contributed by atoms with van der Waals surface area (Å²) in [7, 11) is 3.34. The quantitative estimate of drug-likeness (QED) is 0.403. The zero-order valence-electron chi connectivity index (χ0n) is 16.3. The molecule has 3 aromatic rings. The summed E-state index contributed by atoms with van der Waals surface area (Å²) in [6.07, 6.45) is 4.94. The van der Waals surface area contributed by atoms with Gasteiger partial charge < -0.3 is 9.47 Å². The van der Waals surface area contributed by atoms with Crippen LogP contribution >= 0.6 is 11.6 Å². The number of allylic oxidation sites excluding steroid dienone is 1. The van der Waals surface area contributed by atoms with E-state index in [1.54, 1.807) is 44.1 Å². The highest BCUT2D eigenvalue weighted by Gasteiger charge is 2.10. The van der Waals surface area contributed by atoms with E-state index < -0.39 is 5.82 Å². The molecule has 5 nitrogen and oxygen atoms in total. The number of rotatable bonds is 7. The lowest BCUT2D eigenvalue weighted by Crippen LogP contribution is -2.00. The fraction of sp³-hybridized carbons (Fsp3) is 0.182. The molecular weight excluding hydrogens is 395 g/mol. The number of hydrogen-bond acceptors (Lipinski definition) is 4. The molecule has 0 bridgehead atoms. The van der Waals surface area contributed by atoms with E-state index in [-0.39, 0.29) is 17.4 Å². The van der Waals surface area contributed by atoms with Crippen molar-refractivity contribution in [2.24, 2.45) is 7.05 Å². The maximum Gasteiger partial charge on any atom is 0.189 e. The number of ketones is 1. The number of nitrogens with zero attached hydrogens (tertiary/aromatic N) is 2. The Hall–Kier alpha value is -3.12. The van der Waals surface area contributed by atoms with Crippen molar-refractivity contribution in [2.75, 3.05) is 7.11 Å². The largest absolute Gasteiger partial charge is 0.496 e. The van der Waals surface area contributed by atoms with Crippen molar-refractivity contribution in [1.82, 2.24) is 9.78 Å². The molecule has 29 heavy (non-hydrogen) atoms. The SMILES string of the molecule is COc1ccc(/C=C/C(=O)c2cn(C)nc2C)cc1COc1ccc(F)c(Cl)c1. The number of benzene rings is 2. The molecule has 0 unspecified atom stereocenters. The first-order valence-corrected chi connectivity index (χ1v) is 9.22. The molecular formula is C22H20ClFN2O3. The summed E-state index contributed by atoms with van der Waals surface area (Å²) < 4.78 is 26.0. The third kappa shape index (κ3) is 5.03. The number of halogens is 2. The Labute approximate surface area is 173 Å². The van der Waals surface area contributed by atoms with Crippen LogP contribution in [0, 0.1) is 12.7 Å². The molecule has 0 N–H and O–H groups in total. The van der Waals surface area contributed by atoms with Gasteiger partial charge in [-0.1, -0.05) is 23.7 Å². The minimum absolute atomic E-state index is 0.00430. The standard InChI is InChI=1S/C22H20ClFN2O3/c1-14-18(12-26(2)25-14)21(27)8-4-15-5-9-22(28-3)16(10-15)13-29-17-6-7-20(24)19(23)11-17/h4-12H,13H2,1-3H3/b8-4+. The summed E-state index contributed by atoms with van der Waals surface area (Å²) in [6, 6.07) is 9.69. The van der Waals surface area contributed by atoms with E-state index >= 15 is 0 Å². The molecule has 1 heterocycles. The maximum absolute atomic E-state index is 13.3. The van der Waals surface area contributed by atoms with Gasteiger partial charge in [0.25, 0.3) is 0 Å². The first kappa shape index (κ1) is 20.6. The molecule has 0 aliphatic rings. The van der Waals surface area contributed by atoms with Gasteiger partial charge in [0, 0.05) is 24.9 Å². The predicted molar refractivity (Wildman–Crippen MR) is 110 cm³/mol. The van der Waals surface area contributed by atoms with E-state index in [4.69, 9.17) is 21.1 Å². The van der Waals surface area contributed by atoms with Crippen LogP contribution in [0.4, 0.5) is 4.39 Å². The van der Waals surface area contributed by atoms with Crippen molar-refractivity contribution in [3.8, 4) is 11.5 Å². The Kier molecular flexibility index (Phi) is 6.34. The van der Waals surface area contributed by atoms with Crippen molar-refractivity contribution < 1.29 is 18.7 Å². The summed E-state index contributed by atoms with van der Waals surface area (Å²) in [5, 5.41) is 4.18. The Balaban J connectivity index is 1.76. The fourth-order valence-corrected chi connectivity index (χ4v) is 3.02. The third-order valence-corrected chi connectivity index (χ3v) is 4.59. The average molecular weight is 415 g/mol. The van der Waals surface area contributed by atoms with Gasteiger partial charge >= 0.3 is 0 Å². The minimum Gasteiger partial charge on any atom is -0.496 e. The number of aryl methyl sites for hydroxylation is 2. The summed E-state index contributed by atoms with van der Waals surface area (Å²) >= 11 is 5.79. The summed E-state index contributed by atoms with van der Waals surface area (Å²) in [4.78, 5) is 12.4. The topological polar surface area (TPSA) is 53.4 Å². The summed E-state index contributed by atoms with van der Waals surface area (Å²) in [5.74, 6) is 0.467. The molecule has 0 radical (unpaired) electrons. The second-order valence-electron chi connectivity index (χ2n) is 6.44. The molecule has 3 rings (SSSR count). The zero-order chi connectivity index (χ0) is 21.0. The lowest BCUT2D eigenvalue weighted by atomic mass is 10.1. The van der Waals surface area contributed by atoms with Crippen molar-refractivity contribution in [2.45, 2.75) is 13.5 Å². The Bertz CT molecular complexity index is 1080. The molecule has 150 valence electrons. The van der Waals surface area contributed by atoms with Crippen LogP contribution in [0.2, 0.25) is 5.02 Å². The molecule has 0 aliphatic heterocycles. The molecule has 0 spiro atoms. The van der Waals surface area contributed by atoms with E-state index in [0.29, 0.717) is 22.8 Å². The van der Waals surface area contributed by atoms with E-state index in [1.807, 2.05) is 12.1 Å². The van der Waals surface area contributed by atoms with Crippen molar-refractivity contribution in [1.29, 1.82) is 0 Å². The second kappa shape index (κ2) is 8.92. The number of hydrogen-bond donors (Lipinski definition) is 0. The number of aromatic nitrogens is 2. The normalized spacial score (nSPS) is 11.1. The van der Waals surface area contributed by atoms with Crippen LogP contribution in [0.3, 0.4) is 0 Å². The fourth-order valence-electron chi connectivity index (χ4n) is 2.85. The van der Waals surface area contributed by atoms with Crippen LogP contribution < -0.4 is 9.47 Å².